The number of rotatable bonds is 8. The average Bonchev–Trinajstić information content (AvgIpc) is 2.78. The molecule has 0 amide bonds. The third-order valence-electron chi connectivity index (χ3n) is 6.10. The highest BCUT2D eigenvalue weighted by atomic mass is 19.1. The highest BCUT2D eigenvalue weighted by molar-refractivity contribution is 5.70. The van der Waals surface area contributed by atoms with Gasteiger partial charge in [-0.25, -0.2) is 4.39 Å². The van der Waals surface area contributed by atoms with Gasteiger partial charge in [0, 0.05) is 24.6 Å². The van der Waals surface area contributed by atoms with Crippen LogP contribution < -0.4 is 10.6 Å². The second-order valence-electron chi connectivity index (χ2n) is 8.42. The number of anilines is 1. The second-order valence-corrected chi connectivity index (χ2v) is 8.42. The molecule has 32 heavy (non-hydrogen) atoms. The van der Waals surface area contributed by atoms with Crippen molar-refractivity contribution in [3.8, 4) is 0 Å². The van der Waals surface area contributed by atoms with E-state index in [0.717, 1.165) is 54.0 Å². The van der Waals surface area contributed by atoms with Crippen molar-refractivity contribution in [2.24, 2.45) is 5.92 Å². The van der Waals surface area contributed by atoms with E-state index in [1.807, 2.05) is 36.4 Å². The lowest BCUT2D eigenvalue weighted by Gasteiger charge is -2.33. The summed E-state index contributed by atoms with van der Waals surface area (Å²) in [5.41, 5.74) is 6.02. The highest BCUT2D eigenvalue weighted by Gasteiger charge is 2.28. The van der Waals surface area contributed by atoms with Gasteiger partial charge in [-0.1, -0.05) is 48.5 Å². The Morgan fingerprint density at radius 2 is 2.06 bits per heavy atom. The molecule has 5 nitrogen and oxygen atoms in total. The van der Waals surface area contributed by atoms with Gasteiger partial charge in [0.25, 0.3) is 0 Å². The van der Waals surface area contributed by atoms with Crippen molar-refractivity contribution >= 4 is 11.7 Å². The maximum atomic E-state index is 13.5. The summed E-state index contributed by atoms with van der Waals surface area (Å²) in [4.78, 5) is 15.4. The third-order valence-corrected chi connectivity index (χ3v) is 6.10. The lowest BCUT2D eigenvalue weighted by Crippen LogP contribution is -2.37. The fraction of sp³-hybridized carbons (Fsp3) is 0.308. The molecule has 2 atom stereocenters. The summed E-state index contributed by atoms with van der Waals surface area (Å²) in [5.74, 6) is -0.879. The van der Waals surface area contributed by atoms with E-state index in [1.165, 1.54) is 17.8 Å². The van der Waals surface area contributed by atoms with Gasteiger partial charge in [0.15, 0.2) is 0 Å². The zero-order valence-electron chi connectivity index (χ0n) is 18.1. The number of hydrogen-bond donors (Lipinski definition) is 3. The second kappa shape index (κ2) is 9.92. The van der Waals surface area contributed by atoms with Gasteiger partial charge in [-0.2, -0.15) is 0 Å². The number of benzene rings is 2. The van der Waals surface area contributed by atoms with Crippen LogP contribution in [0.1, 0.15) is 34.0 Å². The predicted octanol–water partition coefficient (Wildman–Crippen LogP) is 4.31. The van der Waals surface area contributed by atoms with Gasteiger partial charge < -0.3 is 15.7 Å². The van der Waals surface area contributed by atoms with Gasteiger partial charge in [-0.15, -0.1) is 0 Å². The van der Waals surface area contributed by atoms with Gasteiger partial charge >= 0.3 is 5.97 Å². The molecule has 166 valence electrons. The van der Waals surface area contributed by atoms with Crippen LogP contribution in [0, 0.1) is 18.7 Å². The Kier molecular flexibility index (Phi) is 6.81. The first-order valence-corrected chi connectivity index (χ1v) is 11.0. The normalized spacial score (nSPS) is 16.1. The summed E-state index contributed by atoms with van der Waals surface area (Å²) >= 11 is 0. The van der Waals surface area contributed by atoms with E-state index < -0.39 is 5.97 Å². The summed E-state index contributed by atoms with van der Waals surface area (Å²) < 4.78 is 13.5. The van der Waals surface area contributed by atoms with E-state index in [-0.39, 0.29) is 24.2 Å². The number of aromatic nitrogens is 1. The molecule has 0 aliphatic carbocycles. The quantitative estimate of drug-likeness (QED) is 0.494. The number of aliphatic carboxylic acids is 1. The van der Waals surface area contributed by atoms with Gasteiger partial charge in [0.1, 0.15) is 5.82 Å². The van der Waals surface area contributed by atoms with Crippen LogP contribution in [-0.2, 0) is 24.1 Å². The number of carboxylic acids is 1. The van der Waals surface area contributed by atoms with E-state index in [4.69, 9.17) is 5.11 Å². The molecule has 4 rings (SSSR count). The first-order valence-electron chi connectivity index (χ1n) is 11.0. The van der Waals surface area contributed by atoms with Crippen molar-refractivity contribution in [2.75, 3.05) is 18.4 Å². The van der Waals surface area contributed by atoms with Gasteiger partial charge in [-0.3, -0.25) is 9.78 Å². The Balaban J connectivity index is 1.48. The molecule has 1 aliphatic rings. The largest absolute Gasteiger partial charge is 0.481 e. The molecule has 3 aromatic rings. The number of fused-ring (bicyclic) bond motifs is 1. The summed E-state index contributed by atoms with van der Waals surface area (Å²) in [7, 11) is 0. The minimum Gasteiger partial charge on any atom is -0.481 e. The van der Waals surface area contributed by atoms with Crippen molar-refractivity contribution in [3.63, 3.8) is 0 Å². The van der Waals surface area contributed by atoms with E-state index in [1.54, 1.807) is 0 Å². The van der Waals surface area contributed by atoms with Gasteiger partial charge in [-0.05, 0) is 48.6 Å². The molecule has 0 saturated carbocycles. The number of pyridine rings is 1. The first kappa shape index (κ1) is 22.0. The first-order chi connectivity index (χ1) is 15.5. The number of nitrogens with one attached hydrogen (secondary N) is 2. The van der Waals surface area contributed by atoms with Crippen LogP contribution in [-0.4, -0.2) is 29.1 Å². The Hall–Kier alpha value is -3.25. The number of aryl methyl sites for hydroxylation is 1. The molecule has 0 saturated heterocycles. The van der Waals surface area contributed by atoms with Crippen LogP contribution >= 0.6 is 0 Å². The lowest BCUT2D eigenvalue weighted by molar-refractivity contribution is -0.136. The fourth-order valence-corrected chi connectivity index (χ4v) is 4.44. The van der Waals surface area contributed by atoms with Crippen LogP contribution in [0.25, 0.3) is 0 Å². The predicted molar refractivity (Wildman–Crippen MR) is 123 cm³/mol. The van der Waals surface area contributed by atoms with Crippen molar-refractivity contribution in [1.29, 1.82) is 0 Å². The number of carbonyl (C=O) groups is 1. The molecule has 1 aromatic heterocycles. The van der Waals surface area contributed by atoms with E-state index in [0.29, 0.717) is 0 Å². The molecule has 2 heterocycles. The monoisotopic (exact) mass is 433 g/mol. The molecule has 0 radical (unpaired) electrons. The Bertz CT molecular complexity index is 1090. The standard InChI is InChI=1S/C26H28FN3O2/c1-17-7-8-18(12-25(31)32)11-20(17)9-10-28-26(19-5-3-2-4-6-19)21-13-23-24(29-15-21)14-22(27)16-30-23/h2-8,11,14,16,21,26,28-29H,9-10,12-13,15H2,1H3,(H,31,32)/t21-,26+/m0/s1. The highest BCUT2D eigenvalue weighted by Crippen LogP contribution is 2.31. The zero-order valence-corrected chi connectivity index (χ0v) is 18.1. The number of hydrogen-bond acceptors (Lipinski definition) is 4. The minimum absolute atomic E-state index is 0.0358. The van der Waals surface area contributed by atoms with E-state index in [9.17, 15) is 9.18 Å². The molecule has 1 aliphatic heterocycles. The van der Waals surface area contributed by atoms with E-state index >= 15 is 0 Å². The Morgan fingerprint density at radius 3 is 2.84 bits per heavy atom. The van der Waals surface area contributed by atoms with Crippen molar-refractivity contribution in [1.82, 2.24) is 10.3 Å². The van der Waals surface area contributed by atoms with Crippen LogP contribution in [0.5, 0.6) is 0 Å². The van der Waals surface area contributed by atoms with Gasteiger partial charge in [0.2, 0.25) is 0 Å². The van der Waals surface area contributed by atoms with Crippen LogP contribution in [0.4, 0.5) is 10.1 Å². The maximum absolute atomic E-state index is 13.5. The zero-order chi connectivity index (χ0) is 22.5. The van der Waals surface area contributed by atoms with Crippen molar-refractivity contribution in [2.45, 2.75) is 32.2 Å². The van der Waals surface area contributed by atoms with Crippen molar-refractivity contribution in [3.05, 3.63) is 94.6 Å². The summed E-state index contributed by atoms with van der Waals surface area (Å²) in [6.45, 7) is 3.55. The van der Waals surface area contributed by atoms with Crippen LogP contribution in [0.2, 0.25) is 0 Å². The minimum atomic E-state index is -0.819. The third kappa shape index (κ3) is 5.32. The Labute approximate surface area is 187 Å². The number of halogens is 1. The molecule has 3 N–H and O–H groups in total. The molecule has 0 fully saturated rings. The molecule has 0 bridgehead atoms. The topological polar surface area (TPSA) is 74.2 Å². The summed E-state index contributed by atoms with van der Waals surface area (Å²) in [6, 6.07) is 17.9. The smallest absolute Gasteiger partial charge is 0.307 e. The Morgan fingerprint density at radius 1 is 1.25 bits per heavy atom. The van der Waals surface area contributed by atoms with Crippen molar-refractivity contribution < 1.29 is 14.3 Å². The molecule has 6 heteroatoms. The van der Waals surface area contributed by atoms with Crippen LogP contribution in [0.15, 0.2) is 60.8 Å². The molecule has 0 spiro atoms. The summed E-state index contributed by atoms with van der Waals surface area (Å²) in [5, 5.41) is 16.2. The fourth-order valence-electron chi connectivity index (χ4n) is 4.44. The SMILES string of the molecule is Cc1ccc(CC(=O)O)cc1CCN[C@H](c1ccccc1)[C@@H]1CNc2cc(F)cnc2C1. The average molecular weight is 434 g/mol. The molecular formula is C26H28FN3O2. The van der Waals surface area contributed by atoms with Gasteiger partial charge in [0.05, 0.1) is 24.0 Å². The maximum Gasteiger partial charge on any atom is 0.307 e. The molecular weight excluding hydrogens is 405 g/mol. The van der Waals surface area contributed by atoms with E-state index in [2.05, 4.69) is 34.7 Å². The molecule has 2 aromatic carbocycles. The summed E-state index contributed by atoms with van der Waals surface area (Å²) in [6.07, 6.45) is 2.89. The lowest BCUT2D eigenvalue weighted by atomic mass is 9.86. The van der Waals surface area contributed by atoms with Crippen LogP contribution in [0.3, 0.4) is 0 Å². The number of carboxylic acid groups (broad SMARTS) is 1. The molecule has 0 unspecified atom stereocenters. The number of nitrogens with zero attached hydrogens (tertiary/aromatic N) is 1.